The van der Waals surface area contributed by atoms with Crippen LogP contribution in [0.25, 0.3) is 0 Å². The third-order valence-corrected chi connectivity index (χ3v) is 3.98. The van der Waals surface area contributed by atoms with E-state index in [2.05, 4.69) is 0 Å². The highest BCUT2D eigenvalue weighted by molar-refractivity contribution is 4.83. The molecule has 0 heterocycles. The van der Waals surface area contributed by atoms with Gasteiger partial charge in [0.05, 0.1) is 12.2 Å². The summed E-state index contributed by atoms with van der Waals surface area (Å²) in [6.45, 7) is 1.78. The van der Waals surface area contributed by atoms with Gasteiger partial charge in [-0.05, 0) is 31.6 Å². The summed E-state index contributed by atoms with van der Waals surface area (Å²) in [5, 5.41) is 29.0. The van der Waals surface area contributed by atoms with E-state index < -0.39 is 18.3 Å². The van der Waals surface area contributed by atoms with Crippen LogP contribution in [0.15, 0.2) is 0 Å². The van der Waals surface area contributed by atoms with Gasteiger partial charge in [-0.15, -0.1) is 0 Å². The number of nitrogens with two attached hydrogens (primary N) is 1. The summed E-state index contributed by atoms with van der Waals surface area (Å²) in [4.78, 5) is 0. The molecular formula is C13H27NO3. The zero-order valence-corrected chi connectivity index (χ0v) is 10.8. The van der Waals surface area contributed by atoms with Crippen molar-refractivity contribution in [3.63, 3.8) is 0 Å². The number of rotatable bonds is 6. The van der Waals surface area contributed by atoms with Crippen molar-refractivity contribution in [2.24, 2.45) is 11.7 Å². The van der Waals surface area contributed by atoms with Crippen molar-refractivity contribution < 1.29 is 15.3 Å². The molecule has 0 aliphatic heterocycles. The molecule has 0 aromatic heterocycles. The van der Waals surface area contributed by atoms with Gasteiger partial charge in [0.1, 0.15) is 6.10 Å². The lowest BCUT2D eigenvalue weighted by Gasteiger charge is -2.31. The maximum atomic E-state index is 9.83. The largest absolute Gasteiger partial charge is 0.390 e. The van der Waals surface area contributed by atoms with E-state index >= 15 is 0 Å². The predicted octanol–water partition coefficient (Wildman–Crippen LogP) is 0.777. The van der Waals surface area contributed by atoms with Crippen molar-refractivity contribution in [1.29, 1.82) is 0 Å². The van der Waals surface area contributed by atoms with Gasteiger partial charge < -0.3 is 21.1 Å². The van der Waals surface area contributed by atoms with Gasteiger partial charge in [-0.2, -0.15) is 0 Å². The standard InChI is InChI=1S/C13H27NO3/c1-2-11(15)13(17)12(16)8-10(14)9-6-4-3-5-7-9/h9-13,15-17H,2-8,14H2,1H3. The Labute approximate surface area is 104 Å². The fourth-order valence-corrected chi connectivity index (χ4v) is 2.67. The quantitative estimate of drug-likeness (QED) is 0.557. The van der Waals surface area contributed by atoms with Crippen LogP contribution >= 0.6 is 0 Å². The van der Waals surface area contributed by atoms with Crippen molar-refractivity contribution in [3.05, 3.63) is 0 Å². The lowest BCUT2D eigenvalue weighted by molar-refractivity contribution is -0.0662. The molecular weight excluding hydrogens is 218 g/mol. The first-order valence-corrected chi connectivity index (χ1v) is 6.86. The third-order valence-electron chi connectivity index (χ3n) is 3.98. The molecule has 1 aliphatic rings. The normalized spacial score (nSPS) is 25.2. The first-order chi connectivity index (χ1) is 8.06. The lowest BCUT2D eigenvalue weighted by atomic mass is 9.81. The van der Waals surface area contributed by atoms with Crippen LogP contribution in [0.5, 0.6) is 0 Å². The average Bonchev–Trinajstić information content (AvgIpc) is 2.37. The fourth-order valence-electron chi connectivity index (χ4n) is 2.67. The molecule has 17 heavy (non-hydrogen) atoms. The molecule has 1 aliphatic carbocycles. The van der Waals surface area contributed by atoms with E-state index in [1.807, 2.05) is 0 Å². The van der Waals surface area contributed by atoms with Crippen LogP contribution in [0.2, 0.25) is 0 Å². The highest BCUT2D eigenvalue weighted by Crippen LogP contribution is 2.27. The topological polar surface area (TPSA) is 86.7 Å². The van der Waals surface area contributed by atoms with E-state index in [1.165, 1.54) is 19.3 Å². The molecule has 102 valence electrons. The molecule has 4 atom stereocenters. The molecule has 0 aromatic rings. The molecule has 1 fully saturated rings. The van der Waals surface area contributed by atoms with Gasteiger partial charge in [0, 0.05) is 6.04 Å². The molecule has 4 heteroatoms. The van der Waals surface area contributed by atoms with E-state index in [4.69, 9.17) is 5.73 Å². The van der Waals surface area contributed by atoms with E-state index in [9.17, 15) is 15.3 Å². The van der Waals surface area contributed by atoms with Crippen molar-refractivity contribution in [3.8, 4) is 0 Å². The Balaban J connectivity index is 2.35. The Morgan fingerprint density at radius 2 is 1.65 bits per heavy atom. The molecule has 5 N–H and O–H groups in total. The summed E-state index contributed by atoms with van der Waals surface area (Å²) in [5.41, 5.74) is 6.08. The summed E-state index contributed by atoms with van der Waals surface area (Å²) >= 11 is 0. The Kier molecular flexibility index (Phi) is 6.41. The molecule has 4 nitrogen and oxygen atoms in total. The number of hydrogen-bond acceptors (Lipinski definition) is 4. The van der Waals surface area contributed by atoms with Gasteiger partial charge in [-0.3, -0.25) is 0 Å². The second kappa shape index (κ2) is 7.31. The maximum absolute atomic E-state index is 9.83. The zero-order valence-electron chi connectivity index (χ0n) is 10.8. The van der Waals surface area contributed by atoms with Crippen LogP contribution in [0.3, 0.4) is 0 Å². The highest BCUT2D eigenvalue weighted by Gasteiger charge is 2.28. The van der Waals surface area contributed by atoms with E-state index in [-0.39, 0.29) is 6.04 Å². The van der Waals surface area contributed by atoms with Gasteiger partial charge in [0.25, 0.3) is 0 Å². The minimum absolute atomic E-state index is 0.0657. The number of aliphatic hydroxyl groups excluding tert-OH is 3. The molecule has 1 rings (SSSR count). The molecule has 1 saturated carbocycles. The van der Waals surface area contributed by atoms with Crippen LogP contribution < -0.4 is 5.73 Å². The molecule has 4 unspecified atom stereocenters. The van der Waals surface area contributed by atoms with Crippen LogP contribution in [0, 0.1) is 5.92 Å². The summed E-state index contributed by atoms with van der Waals surface area (Å²) < 4.78 is 0. The third kappa shape index (κ3) is 4.54. The van der Waals surface area contributed by atoms with E-state index in [1.54, 1.807) is 6.92 Å². The first-order valence-electron chi connectivity index (χ1n) is 6.86. The minimum atomic E-state index is -1.07. The summed E-state index contributed by atoms with van der Waals surface area (Å²) in [7, 11) is 0. The van der Waals surface area contributed by atoms with Crippen molar-refractivity contribution >= 4 is 0 Å². The van der Waals surface area contributed by atoms with Gasteiger partial charge in [0.2, 0.25) is 0 Å². The fraction of sp³-hybridized carbons (Fsp3) is 1.00. The lowest BCUT2D eigenvalue weighted by Crippen LogP contribution is -2.43. The maximum Gasteiger partial charge on any atom is 0.106 e. The van der Waals surface area contributed by atoms with Crippen LogP contribution in [0.1, 0.15) is 51.9 Å². The van der Waals surface area contributed by atoms with Crippen LogP contribution in [-0.2, 0) is 0 Å². The summed E-state index contributed by atoms with van der Waals surface area (Å²) in [6, 6.07) is -0.0657. The van der Waals surface area contributed by atoms with Crippen molar-refractivity contribution in [2.75, 3.05) is 0 Å². The molecule has 0 bridgehead atoms. The van der Waals surface area contributed by atoms with E-state index in [0.29, 0.717) is 18.8 Å². The Hall–Kier alpha value is -0.160. The Morgan fingerprint density at radius 3 is 2.18 bits per heavy atom. The number of hydrogen-bond donors (Lipinski definition) is 4. The van der Waals surface area contributed by atoms with Gasteiger partial charge in [0.15, 0.2) is 0 Å². The summed E-state index contributed by atoms with van der Waals surface area (Å²) in [5.74, 6) is 0.462. The average molecular weight is 245 g/mol. The Morgan fingerprint density at radius 1 is 1.06 bits per heavy atom. The van der Waals surface area contributed by atoms with Gasteiger partial charge in [-0.25, -0.2) is 0 Å². The SMILES string of the molecule is CCC(O)C(O)C(O)CC(N)C1CCCCC1. The molecule has 0 aromatic carbocycles. The van der Waals surface area contributed by atoms with Crippen LogP contribution in [-0.4, -0.2) is 39.7 Å². The smallest absolute Gasteiger partial charge is 0.106 e. The second-order valence-electron chi connectivity index (χ2n) is 5.33. The molecule has 0 spiro atoms. The minimum Gasteiger partial charge on any atom is -0.390 e. The molecule has 0 saturated heterocycles. The van der Waals surface area contributed by atoms with Crippen LogP contribution in [0.4, 0.5) is 0 Å². The van der Waals surface area contributed by atoms with Crippen molar-refractivity contribution in [1.82, 2.24) is 0 Å². The second-order valence-corrected chi connectivity index (χ2v) is 5.33. The Bertz CT molecular complexity index is 201. The van der Waals surface area contributed by atoms with Gasteiger partial charge in [-0.1, -0.05) is 26.2 Å². The van der Waals surface area contributed by atoms with E-state index in [0.717, 1.165) is 12.8 Å². The summed E-state index contributed by atoms with van der Waals surface area (Å²) in [6.07, 6.45) is 3.94. The molecule has 0 radical (unpaired) electrons. The first kappa shape index (κ1) is 14.9. The monoisotopic (exact) mass is 245 g/mol. The predicted molar refractivity (Wildman–Crippen MR) is 67.5 cm³/mol. The van der Waals surface area contributed by atoms with Crippen molar-refractivity contribution in [2.45, 2.75) is 76.2 Å². The number of aliphatic hydroxyl groups is 3. The van der Waals surface area contributed by atoms with Gasteiger partial charge >= 0.3 is 0 Å². The highest BCUT2D eigenvalue weighted by atomic mass is 16.4. The molecule has 0 amide bonds. The zero-order chi connectivity index (χ0) is 12.8.